The molecule has 2 aromatic heterocycles. The minimum absolute atomic E-state index is 0.666. The number of rotatable bonds is 4. The first-order valence-electron chi connectivity index (χ1n) is 15.5. The van der Waals surface area contributed by atoms with Crippen LogP contribution in [0.1, 0.15) is 5.56 Å². The third-order valence-electron chi connectivity index (χ3n) is 9.14. The molecule has 0 radical (unpaired) electrons. The van der Waals surface area contributed by atoms with Gasteiger partial charge in [0.05, 0.1) is 33.7 Å². The summed E-state index contributed by atoms with van der Waals surface area (Å²) in [5, 5.41) is 14.2. The van der Waals surface area contributed by atoms with Crippen molar-refractivity contribution in [1.29, 1.82) is 5.26 Å². The number of hydrogen-bond acceptors (Lipinski definition) is 1. The fourth-order valence-corrected chi connectivity index (χ4v) is 7.00. The van der Waals surface area contributed by atoms with Crippen LogP contribution in [0.15, 0.2) is 164 Å². The molecule has 0 amide bonds. The zero-order chi connectivity index (χ0) is 30.6. The van der Waals surface area contributed by atoms with Gasteiger partial charge in [-0.15, -0.1) is 0 Å². The van der Waals surface area contributed by atoms with Gasteiger partial charge < -0.3 is 9.13 Å². The molecule has 0 bridgehead atoms. The number of aromatic nitrogens is 2. The largest absolute Gasteiger partial charge is 0.309 e. The summed E-state index contributed by atoms with van der Waals surface area (Å²) in [7, 11) is 0. The molecule has 46 heavy (non-hydrogen) atoms. The molecule has 7 aromatic carbocycles. The lowest BCUT2D eigenvalue weighted by Gasteiger charge is -2.11. The monoisotopic (exact) mass is 585 g/mol. The zero-order valence-electron chi connectivity index (χ0n) is 24.9. The Bertz CT molecular complexity index is 2630. The minimum Gasteiger partial charge on any atom is -0.309 e. The lowest BCUT2D eigenvalue weighted by Crippen LogP contribution is -1.94. The van der Waals surface area contributed by atoms with Gasteiger partial charge in [0.25, 0.3) is 0 Å². The van der Waals surface area contributed by atoms with Crippen molar-refractivity contribution < 1.29 is 0 Å². The molecule has 0 N–H and O–H groups in total. The average molecular weight is 586 g/mol. The Morgan fingerprint density at radius 2 is 0.826 bits per heavy atom. The van der Waals surface area contributed by atoms with Gasteiger partial charge in [-0.05, 0) is 95.1 Å². The maximum absolute atomic E-state index is 9.24. The van der Waals surface area contributed by atoms with E-state index in [1.807, 2.05) is 24.3 Å². The first-order chi connectivity index (χ1) is 22.8. The van der Waals surface area contributed by atoms with Gasteiger partial charge in [0.15, 0.2) is 0 Å². The van der Waals surface area contributed by atoms with Crippen LogP contribution in [0, 0.1) is 11.3 Å². The number of hydrogen-bond donors (Lipinski definition) is 0. The van der Waals surface area contributed by atoms with Crippen LogP contribution in [0.3, 0.4) is 0 Å². The molecule has 3 heteroatoms. The Morgan fingerprint density at radius 3 is 1.43 bits per heavy atom. The van der Waals surface area contributed by atoms with Crippen molar-refractivity contribution in [1.82, 2.24) is 9.13 Å². The normalized spacial score (nSPS) is 11.5. The zero-order valence-corrected chi connectivity index (χ0v) is 24.9. The smallest absolute Gasteiger partial charge is 0.0991 e. The summed E-state index contributed by atoms with van der Waals surface area (Å²) < 4.78 is 4.72. The summed E-state index contributed by atoms with van der Waals surface area (Å²) in [6.07, 6.45) is 0. The molecule has 0 unspecified atom stereocenters. The van der Waals surface area contributed by atoms with Crippen LogP contribution in [0.4, 0.5) is 0 Å². The lowest BCUT2D eigenvalue weighted by atomic mass is 10.0. The Labute approximate surface area is 266 Å². The number of nitriles is 1. The highest BCUT2D eigenvalue weighted by Crippen LogP contribution is 2.38. The number of benzene rings is 7. The second-order valence-corrected chi connectivity index (χ2v) is 11.7. The van der Waals surface area contributed by atoms with Gasteiger partial charge in [0.1, 0.15) is 0 Å². The van der Waals surface area contributed by atoms with Gasteiger partial charge in [-0.1, -0.05) is 91.0 Å². The fourth-order valence-electron chi connectivity index (χ4n) is 7.00. The summed E-state index contributed by atoms with van der Waals surface area (Å²) >= 11 is 0. The molecule has 214 valence electrons. The SMILES string of the molecule is N#Cc1ccc(-c2cccc(-n3c4ccccc4c4cc(-c5ccc6c(c5)c5ccccc5n6-c5ccccc5)ccc43)c2)cc1. The highest BCUT2D eigenvalue weighted by atomic mass is 15.0. The van der Waals surface area contributed by atoms with E-state index in [1.54, 1.807) is 0 Å². The first-order valence-corrected chi connectivity index (χ1v) is 15.5. The van der Waals surface area contributed by atoms with E-state index >= 15 is 0 Å². The molecular weight excluding hydrogens is 558 g/mol. The number of para-hydroxylation sites is 3. The van der Waals surface area contributed by atoms with Gasteiger partial charge in [-0.25, -0.2) is 0 Å². The van der Waals surface area contributed by atoms with Crippen LogP contribution in [0.2, 0.25) is 0 Å². The van der Waals surface area contributed by atoms with E-state index in [-0.39, 0.29) is 0 Å². The van der Waals surface area contributed by atoms with Crippen molar-refractivity contribution in [2.45, 2.75) is 0 Å². The number of nitrogens with zero attached hydrogens (tertiary/aromatic N) is 3. The summed E-state index contributed by atoms with van der Waals surface area (Å²) in [6, 6.07) is 60.3. The van der Waals surface area contributed by atoms with Gasteiger partial charge in [0, 0.05) is 32.9 Å². The molecule has 9 rings (SSSR count). The molecule has 0 spiro atoms. The van der Waals surface area contributed by atoms with Crippen molar-refractivity contribution >= 4 is 43.6 Å². The second-order valence-electron chi connectivity index (χ2n) is 11.7. The van der Waals surface area contributed by atoms with E-state index in [9.17, 15) is 5.26 Å². The third-order valence-corrected chi connectivity index (χ3v) is 9.14. The van der Waals surface area contributed by atoms with Gasteiger partial charge >= 0.3 is 0 Å². The van der Waals surface area contributed by atoms with E-state index in [0.29, 0.717) is 5.56 Å². The Balaban J connectivity index is 1.20. The van der Waals surface area contributed by atoms with E-state index in [2.05, 4.69) is 155 Å². The molecule has 3 nitrogen and oxygen atoms in total. The van der Waals surface area contributed by atoms with Crippen LogP contribution >= 0.6 is 0 Å². The lowest BCUT2D eigenvalue weighted by molar-refractivity contribution is 1.18. The van der Waals surface area contributed by atoms with E-state index in [1.165, 1.54) is 60.4 Å². The van der Waals surface area contributed by atoms with E-state index in [0.717, 1.165) is 16.8 Å². The fraction of sp³-hybridized carbons (Fsp3) is 0. The van der Waals surface area contributed by atoms with Gasteiger partial charge in [-0.2, -0.15) is 5.26 Å². The first kappa shape index (κ1) is 26.1. The topological polar surface area (TPSA) is 33.6 Å². The van der Waals surface area contributed by atoms with Gasteiger partial charge in [-0.3, -0.25) is 0 Å². The molecule has 0 fully saturated rings. The third kappa shape index (κ3) is 4.05. The van der Waals surface area contributed by atoms with Crippen LogP contribution in [0.5, 0.6) is 0 Å². The summed E-state index contributed by atoms with van der Waals surface area (Å²) in [5.41, 5.74) is 12.3. The van der Waals surface area contributed by atoms with Crippen LogP contribution in [-0.2, 0) is 0 Å². The molecule has 9 aromatic rings. The molecule has 0 aliphatic heterocycles. The molecule has 0 aliphatic rings. The molecule has 0 aliphatic carbocycles. The quantitative estimate of drug-likeness (QED) is 0.202. The predicted octanol–water partition coefficient (Wildman–Crippen LogP) is 11.1. The summed E-state index contributed by atoms with van der Waals surface area (Å²) in [6.45, 7) is 0. The van der Waals surface area contributed by atoms with Crippen molar-refractivity contribution in [3.8, 4) is 39.7 Å². The Kier molecular flexibility index (Phi) is 5.88. The van der Waals surface area contributed by atoms with E-state index < -0.39 is 0 Å². The van der Waals surface area contributed by atoms with Crippen LogP contribution in [0.25, 0.3) is 77.2 Å². The van der Waals surface area contributed by atoms with E-state index in [4.69, 9.17) is 0 Å². The van der Waals surface area contributed by atoms with Crippen LogP contribution in [-0.4, -0.2) is 9.13 Å². The van der Waals surface area contributed by atoms with Crippen molar-refractivity contribution in [2.24, 2.45) is 0 Å². The van der Waals surface area contributed by atoms with Crippen molar-refractivity contribution in [3.05, 3.63) is 169 Å². The second kappa shape index (κ2) is 10.4. The van der Waals surface area contributed by atoms with Gasteiger partial charge in [0.2, 0.25) is 0 Å². The molecule has 2 heterocycles. The molecular formula is C43H27N3. The molecule has 0 saturated heterocycles. The summed E-state index contributed by atoms with van der Waals surface area (Å²) in [5.74, 6) is 0. The van der Waals surface area contributed by atoms with Crippen molar-refractivity contribution in [2.75, 3.05) is 0 Å². The average Bonchev–Trinajstić information content (AvgIpc) is 3.64. The Hall–Kier alpha value is -6.37. The predicted molar refractivity (Wildman–Crippen MR) is 191 cm³/mol. The highest BCUT2D eigenvalue weighted by Gasteiger charge is 2.16. The molecule has 0 atom stereocenters. The number of fused-ring (bicyclic) bond motifs is 6. The Morgan fingerprint density at radius 1 is 0.348 bits per heavy atom. The maximum atomic E-state index is 9.24. The standard InChI is InChI=1S/C43H27N3/c44-28-29-17-19-30(20-18-29)31-9-8-12-35(25-31)46-41-16-7-5-14-37(41)39-27-33(22-24-43(39)46)32-21-23-42-38(26-32)36-13-4-6-15-40(36)45(42)34-10-2-1-3-11-34/h1-27H. The maximum Gasteiger partial charge on any atom is 0.0991 e. The van der Waals surface area contributed by atoms with Crippen LogP contribution < -0.4 is 0 Å². The highest BCUT2D eigenvalue weighted by molar-refractivity contribution is 6.12. The molecule has 0 saturated carbocycles. The van der Waals surface area contributed by atoms with Crippen molar-refractivity contribution in [3.63, 3.8) is 0 Å². The summed E-state index contributed by atoms with van der Waals surface area (Å²) in [4.78, 5) is 0. The minimum atomic E-state index is 0.666.